The summed E-state index contributed by atoms with van der Waals surface area (Å²) in [5, 5.41) is 23.2. The highest BCUT2D eigenvalue weighted by Gasteiger charge is 2.38. The predicted octanol–water partition coefficient (Wildman–Crippen LogP) is 1.63. The SMILES string of the molecule is CNC(=O)c1ccc(S(=O)(=O)C[C@](C)(O)C(=O)Nc2cc(C(F)(F)F)c(C#N)cn2)cc1F. The number of alkyl halides is 3. The second-order valence-corrected chi connectivity index (χ2v) is 8.92. The van der Waals surface area contributed by atoms with Crippen LogP contribution in [0.3, 0.4) is 0 Å². The number of carbonyl (C=O) groups excluding carboxylic acids is 2. The molecule has 1 aromatic carbocycles. The number of pyridine rings is 1. The quantitative estimate of drug-likeness (QED) is 0.523. The van der Waals surface area contributed by atoms with Crippen molar-refractivity contribution in [3.05, 3.63) is 53.0 Å². The van der Waals surface area contributed by atoms with Crippen LogP contribution in [0.5, 0.6) is 0 Å². The van der Waals surface area contributed by atoms with Gasteiger partial charge in [-0.25, -0.2) is 17.8 Å². The maximum atomic E-state index is 14.1. The highest BCUT2D eigenvalue weighted by Crippen LogP contribution is 2.33. The van der Waals surface area contributed by atoms with Gasteiger partial charge in [0.15, 0.2) is 15.4 Å². The van der Waals surface area contributed by atoms with Crippen molar-refractivity contribution in [2.75, 3.05) is 18.1 Å². The highest BCUT2D eigenvalue weighted by atomic mass is 32.2. The molecule has 2 rings (SSSR count). The molecular formula is C19H16F4N4O5S. The number of aliphatic hydroxyl groups is 1. The van der Waals surface area contributed by atoms with Crippen molar-refractivity contribution in [2.24, 2.45) is 0 Å². The molecule has 0 saturated carbocycles. The molecule has 0 aliphatic rings. The number of nitrogens with zero attached hydrogens (tertiary/aromatic N) is 2. The van der Waals surface area contributed by atoms with Crippen LogP contribution in [0.1, 0.15) is 28.4 Å². The Morgan fingerprint density at radius 3 is 2.39 bits per heavy atom. The van der Waals surface area contributed by atoms with Gasteiger partial charge in [-0.15, -0.1) is 0 Å². The zero-order valence-corrected chi connectivity index (χ0v) is 17.8. The van der Waals surface area contributed by atoms with Crippen LogP contribution in [0.15, 0.2) is 35.4 Å². The number of hydrogen-bond acceptors (Lipinski definition) is 7. The molecule has 1 atom stereocenters. The molecule has 14 heteroatoms. The Hall–Kier alpha value is -3.57. The molecule has 1 aromatic heterocycles. The Balaban J connectivity index is 2.28. The fraction of sp³-hybridized carbons (Fsp3) is 0.263. The molecule has 0 aliphatic carbocycles. The van der Waals surface area contributed by atoms with Gasteiger partial charge in [-0.2, -0.15) is 18.4 Å². The van der Waals surface area contributed by atoms with Gasteiger partial charge in [0, 0.05) is 13.2 Å². The fourth-order valence-corrected chi connectivity index (χ4v) is 4.22. The third-order valence-electron chi connectivity index (χ3n) is 4.30. The van der Waals surface area contributed by atoms with Gasteiger partial charge >= 0.3 is 6.18 Å². The van der Waals surface area contributed by atoms with Crippen LogP contribution in [0.4, 0.5) is 23.4 Å². The van der Waals surface area contributed by atoms with Gasteiger partial charge in [-0.1, -0.05) is 0 Å². The molecule has 2 aromatic rings. The third-order valence-corrected chi connectivity index (χ3v) is 6.22. The first-order chi connectivity index (χ1) is 15.1. The van der Waals surface area contributed by atoms with Crippen molar-refractivity contribution in [1.29, 1.82) is 5.26 Å². The van der Waals surface area contributed by atoms with Crippen LogP contribution in [0.25, 0.3) is 0 Å². The van der Waals surface area contributed by atoms with Crippen LogP contribution >= 0.6 is 0 Å². The zero-order chi connectivity index (χ0) is 25.2. The van der Waals surface area contributed by atoms with Crippen molar-refractivity contribution in [3.8, 4) is 6.07 Å². The maximum absolute atomic E-state index is 14.1. The van der Waals surface area contributed by atoms with Gasteiger partial charge in [0.25, 0.3) is 11.8 Å². The van der Waals surface area contributed by atoms with Crippen molar-refractivity contribution < 1.29 is 40.7 Å². The average molecular weight is 488 g/mol. The van der Waals surface area contributed by atoms with E-state index in [-0.39, 0.29) is 0 Å². The van der Waals surface area contributed by atoms with Crippen molar-refractivity contribution in [2.45, 2.75) is 23.6 Å². The Morgan fingerprint density at radius 2 is 1.88 bits per heavy atom. The van der Waals surface area contributed by atoms with E-state index in [1.807, 2.05) is 5.32 Å². The molecule has 1 heterocycles. The molecule has 2 amide bonds. The topological polar surface area (TPSA) is 149 Å². The molecule has 0 bridgehead atoms. The number of aromatic nitrogens is 1. The standard InChI is InChI=1S/C19H16F4N4O5S/c1-18(30,9-33(31,32)11-3-4-12(14(20)5-11)16(28)25-2)17(29)27-15-6-13(19(21,22)23)10(7-24)8-26-15/h3-6,8,30H,9H2,1-2H3,(H,25,28)(H,26,27,29)/t18-/m0/s1. The van der Waals surface area contributed by atoms with Gasteiger partial charge in [-0.3, -0.25) is 9.59 Å². The lowest BCUT2D eigenvalue weighted by molar-refractivity contribution is -0.138. The minimum atomic E-state index is -4.94. The smallest absolute Gasteiger partial charge is 0.379 e. The number of benzene rings is 1. The van der Waals surface area contributed by atoms with Gasteiger partial charge in [-0.05, 0) is 31.2 Å². The summed E-state index contributed by atoms with van der Waals surface area (Å²) in [5.74, 6) is -5.35. The second-order valence-electron chi connectivity index (χ2n) is 6.93. The molecule has 0 unspecified atom stereocenters. The van der Waals surface area contributed by atoms with E-state index in [0.717, 1.165) is 19.1 Å². The minimum absolute atomic E-state index is 0.355. The van der Waals surface area contributed by atoms with Gasteiger partial charge < -0.3 is 15.7 Å². The largest absolute Gasteiger partial charge is 0.417 e. The van der Waals surface area contributed by atoms with Gasteiger partial charge in [0.1, 0.15) is 17.7 Å². The fourth-order valence-electron chi connectivity index (χ4n) is 2.63. The highest BCUT2D eigenvalue weighted by molar-refractivity contribution is 7.91. The van der Waals surface area contributed by atoms with E-state index in [4.69, 9.17) is 5.26 Å². The van der Waals surface area contributed by atoms with E-state index in [9.17, 15) is 40.7 Å². The molecule has 0 spiro atoms. The third kappa shape index (κ3) is 5.82. The molecule has 0 aliphatic heterocycles. The predicted molar refractivity (Wildman–Crippen MR) is 105 cm³/mol. The van der Waals surface area contributed by atoms with E-state index in [1.54, 1.807) is 0 Å². The number of carbonyl (C=O) groups is 2. The number of nitriles is 1. The van der Waals surface area contributed by atoms with Gasteiger partial charge in [0.2, 0.25) is 0 Å². The second kappa shape index (κ2) is 9.12. The monoisotopic (exact) mass is 488 g/mol. The normalized spacial score (nSPS) is 13.5. The molecule has 3 N–H and O–H groups in total. The Labute approximate surface area is 185 Å². The van der Waals surface area contributed by atoms with Crippen molar-refractivity contribution >= 4 is 27.5 Å². The minimum Gasteiger partial charge on any atom is -0.379 e. The number of sulfone groups is 1. The first-order valence-electron chi connectivity index (χ1n) is 8.88. The Kier molecular flexibility index (Phi) is 7.10. The first kappa shape index (κ1) is 25.7. The Morgan fingerprint density at radius 1 is 1.24 bits per heavy atom. The molecule has 0 radical (unpaired) electrons. The summed E-state index contributed by atoms with van der Waals surface area (Å²) in [6, 6.07) is 3.99. The van der Waals surface area contributed by atoms with E-state index in [1.165, 1.54) is 13.1 Å². The van der Waals surface area contributed by atoms with Crippen molar-refractivity contribution in [3.63, 3.8) is 0 Å². The number of anilines is 1. The van der Waals surface area contributed by atoms with Crippen LogP contribution in [-0.4, -0.2) is 48.7 Å². The summed E-state index contributed by atoms with van der Waals surface area (Å²) >= 11 is 0. The number of nitrogens with one attached hydrogen (secondary N) is 2. The summed E-state index contributed by atoms with van der Waals surface area (Å²) in [4.78, 5) is 26.7. The lowest BCUT2D eigenvalue weighted by Gasteiger charge is -2.22. The lowest BCUT2D eigenvalue weighted by atomic mass is 10.1. The molecule has 33 heavy (non-hydrogen) atoms. The first-order valence-corrected chi connectivity index (χ1v) is 10.5. The summed E-state index contributed by atoms with van der Waals surface area (Å²) in [6.45, 7) is 0.781. The number of amides is 2. The number of hydrogen-bond donors (Lipinski definition) is 3. The molecule has 176 valence electrons. The van der Waals surface area contributed by atoms with Gasteiger partial charge in [0.05, 0.1) is 27.3 Å². The molecule has 9 nitrogen and oxygen atoms in total. The van der Waals surface area contributed by atoms with Crippen LogP contribution < -0.4 is 10.6 Å². The molecular weight excluding hydrogens is 472 g/mol. The maximum Gasteiger partial charge on any atom is 0.417 e. The number of halogens is 4. The van der Waals surface area contributed by atoms with Crippen LogP contribution in [-0.2, 0) is 20.8 Å². The average Bonchev–Trinajstić information content (AvgIpc) is 2.71. The van der Waals surface area contributed by atoms with Crippen LogP contribution in [0, 0.1) is 17.1 Å². The summed E-state index contributed by atoms with van der Waals surface area (Å²) in [5.41, 5.74) is -5.32. The molecule has 0 saturated heterocycles. The summed E-state index contributed by atoms with van der Waals surface area (Å²) < 4.78 is 78.4. The lowest BCUT2D eigenvalue weighted by Crippen LogP contribution is -2.46. The molecule has 0 fully saturated rings. The zero-order valence-electron chi connectivity index (χ0n) is 17.0. The van der Waals surface area contributed by atoms with Crippen molar-refractivity contribution in [1.82, 2.24) is 10.3 Å². The number of rotatable bonds is 6. The summed E-state index contributed by atoms with van der Waals surface area (Å²) in [7, 11) is -3.26. The van der Waals surface area contributed by atoms with E-state index in [2.05, 4.69) is 10.3 Å². The van der Waals surface area contributed by atoms with E-state index in [0.29, 0.717) is 18.3 Å². The van der Waals surface area contributed by atoms with E-state index >= 15 is 0 Å². The van der Waals surface area contributed by atoms with E-state index < -0.39 is 72.4 Å². The summed E-state index contributed by atoms with van der Waals surface area (Å²) in [6.07, 6.45) is -4.38. The van der Waals surface area contributed by atoms with Crippen LogP contribution in [0.2, 0.25) is 0 Å². The Bertz CT molecular complexity index is 1250.